The number of carbonyl (C=O) groups excluding carboxylic acids is 2. The minimum atomic E-state index is -3.05. The molecule has 37 heavy (non-hydrogen) atoms. The molecule has 3 aromatic rings. The Labute approximate surface area is 256 Å². The maximum absolute atomic E-state index is 11.2. The number of aliphatic hydroxyl groups is 1. The number of rotatable bonds is 10. The Morgan fingerprint density at radius 1 is 0.892 bits per heavy atom. The van der Waals surface area contributed by atoms with Crippen LogP contribution in [0.3, 0.4) is 0 Å². The number of hydrogen-bond acceptors (Lipinski definition) is 10. The van der Waals surface area contributed by atoms with Gasteiger partial charge < -0.3 is 44.5 Å². The number of fused-ring (bicyclic) bond motifs is 1. The molecule has 1 heterocycles. The minimum Gasteiger partial charge on any atom is -0.542 e. The molecule has 1 aliphatic heterocycles. The minimum absolute atomic E-state index is 0. The number of anilines is 1. The molecule has 0 spiro atoms. The maximum Gasteiger partial charge on any atom is 1.00 e. The maximum atomic E-state index is 11.2. The number of hydrogen-bond donors (Lipinski definition) is 2. The van der Waals surface area contributed by atoms with Gasteiger partial charge in [0.25, 0.3) is 0 Å². The number of nitrogens with one attached hydrogen (secondary N) is 1. The van der Waals surface area contributed by atoms with Crippen molar-refractivity contribution in [1.29, 1.82) is 0 Å². The molecule has 3 aromatic carbocycles. The zero-order valence-electron chi connectivity index (χ0n) is 20.2. The Balaban J connectivity index is 0.00000241. The first kappa shape index (κ1) is 30.7. The molecule has 0 aliphatic carbocycles. The van der Waals surface area contributed by atoms with Gasteiger partial charge in [-0.3, -0.25) is 0 Å². The van der Waals surface area contributed by atoms with Crippen molar-refractivity contribution in [3.8, 4) is 11.5 Å². The zero-order chi connectivity index (χ0) is 24.8. The van der Waals surface area contributed by atoms with E-state index in [1.165, 1.54) is 18.2 Å². The monoisotopic (exact) mass is 522 g/mol. The number of carboxylic acids is 2. The van der Waals surface area contributed by atoms with Gasteiger partial charge >= 0.3 is 64.9 Å². The molecule has 1 unspecified atom stereocenters. The van der Waals surface area contributed by atoms with E-state index in [1.54, 1.807) is 0 Å². The molecule has 1 atom stereocenters. The largest absolute Gasteiger partial charge is 1.00 e. The van der Waals surface area contributed by atoms with Crippen molar-refractivity contribution in [3.63, 3.8) is 0 Å². The fourth-order valence-electron chi connectivity index (χ4n) is 3.31. The second kappa shape index (κ2) is 13.8. The second-order valence-electron chi connectivity index (χ2n) is 7.56. The van der Waals surface area contributed by atoms with E-state index >= 15 is 0 Å². The van der Waals surface area contributed by atoms with Crippen LogP contribution in [0.15, 0.2) is 84.0 Å². The van der Waals surface area contributed by atoms with Gasteiger partial charge in [0.05, 0.1) is 0 Å². The normalized spacial score (nSPS) is 13.2. The number of ether oxygens (including phenoxy) is 2. The summed E-state index contributed by atoms with van der Waals surface area (Å²) in [4.78, 5) is 27.8. The van der Waals surface area contributed by atoms with Crippen molar-refractivity contribution in [3.05, 3.63) is 90.0 Å². The van der Waals surface area contributed by atoms with Crippen molar-refractivity contribution < 1.29 is 98.3 Å². The summed E-state index contributed by atoms with van der Waals surface area (Å²) in [7, 11) is 0. The summed E-state index contributed by atoms with van der Waals surface area (Å²) in [5, 5.41) is 39.9. The molecule has 0 radical (unpaired) electrons. The third-order valence-electron chi connectivity index (χ3n) is 5.05. The van der Waals surface area contributed by atoms with Crippen molar-refractivity contribution in [2.45, 2.75) is 11.9 Å². The fourth-order valence-corrected chi connectivity index (χ4v) is 3.31. The molecule has 180 valence electrons. The van der Waals surface area contributed by atoms with E-state index in [-0.39, 0.29) is 83.8 Å². The summed E-state index contributed by atoms with van der Waals surface area (Å²) in [5.74, 6) is -7.48. The van der Waals surface area contributed by atoms with Crippen LogP contribution in [0.4, 0.5) is 5.69 Å². The van der Waals surface area contributed by atoms with E-state index in [9.17, 15) is 24.9 Å². The number of aliphatic carboxylic acids is 2. The first-order chi connectivity index (χ1) is 16.9. The first-order valence-electron chi connectivity index (χ1n) is 10.6. The predicted molar refractivity (Wildman–Crippen MR) is 119 cm³/mol. The van der Waals surface area contributed by atoms with E-state index in [0.717, 1.165) is 11.1 Å². The number of benzene rings is 3. The van der Waals surface area contributed by atoms with Gasteiger partial charge in [-0.15, -0.1) is 0 Å². The molecule has 0 aromatic heterocycles. The molecule has 0 fully saturated rings. The summed E-state index contributed by atoms with van der Waals surface area (Å²) >= 11 is 0. The number of aliphatic hydroxyl groups excluding tert-OH is 1. The number of carboxylic acid groups (broad SMARTS) is 2. The van der Waals surface area contributed by atoms with E-state index < -0.39 is 23.8 Å². The van der Waals surface area contributed by atoms with Crippen LogP contribution in [-0.4, -0.2) is 47.8 Å². The molecule has 0 amide bonds. The molecular weight excluding hydrogens is 502 g/mol. The quantitative estimate of drug-likeness (QED) is 0.115. The van der Waals surface area contributed by atoms with E-state index in [4.69, 9.17) is 14.3 Å². The second-order valence-corrected chi connectivity index (χ2v) is 7.56. The van der Waals surface area contributed by atoms with Gasteiger partial charge in [-0.05, 0) is 12.1 Å². The Kier molecular flexibility index (Phi) is 11.5. The standard InChI is InChI=1S/C25H22N2O8.2Na/c28-19(15-33-27-22(16-7-3-1-4-8-16)17-9-5-2-6-10-17)14-26-18-11-12-20-21(13-18)35-25(34-20,23(29)30)24(31)32;;/h1-13,19,26,28H,14-15H2,(H,29,30)(H,31,32);;/q;2*+1/p-2. The van der Waals surface area contributed by atoms with Crippen molar-refractivity contribution in [2.75, 3.05) is 18.5 Å². The van der Waals surface area contributed by atoms with Crippen molar-refractivity contribution in [1.82, 2.24) is 0 Å². The fraction of sp³-hybridized carbons (Fsp3) is 0.160. The number of oxime groups is 1. The van der Waals surface area contributed by atoms with Crippen LogP contribution in [0.5, 0.6) is 11.5 Å². The van der Waals surface area contributed by atoms with Crippen LogP contribution >= 0.6 is 0 Å². The van der Waals surface area contributed by atoms with Gasteiger partial charge in [0.1, 0.15) is 30.4 Å². The smallest absolute Gasteiger partial charge is 0.542 e. The molecule has 12 heteroatoms. The molecule has 0 saturated carbocycles. The summed E-state index contributed by atoms with van der Waals surface area (Å²) in [5.41, 5.74) is 2.75. The van der Waals surface area contributed by atoms with Crippen molar-refractivity contribution >= 4 is 23.3 Å². The summed E-state index contributed by atoms with van der Waals surface area (Å²) in [6.07, 6.45) is -0.956. The molecular formula is C25H20N2Na2O8. The molecule has 4 rings (SSSR count). The van der Waals surface area contributed by atoms with Crippen LogP contribution in [0, 0.1) is 0 Å². The summed E-state index contributed by atoms with van der Waals surface area (Å²) < 4.78 is 9.84. The molecule has 2 N–H and O–H groups in total. The van der Waals surface area contributed by atoms with E-state index in [2.05, 4.69) is 10.5 Å². The average Bonchev–Trinajstić information content (AvgIpc) is 3.27. The SMILES string of the molecule is O=C([O-])C1(C(=O)[O-])Oc2ccc(NCC(O)CON=C(c3ccccc3)c3ccccc3)cc2O1.[Na+].[Na+]. The topological polar surface area (TPSA) is 153 Å². The Morgan fingerprint density at radius 3 is 1.97 bits per heavy atom. The zero-order valence-corrected chi connectivity index (χ0v) is 24.2. The summed E-state index contributed by atoms with van der Waals surface area (Å²) in [6.45, 7) is -0.0630. The van der Waals surface area contributed by atoms with Crippen molar-refractivity contribution in [2.24, 2.45) is 5.16 Å². The van der Waals surface area contributed by atoms with Gasteiger partial charge in [-0.1, -0.05) is 65.8 Å². The number of carbonyl (C=O) groups is 2. The predicted octanol–water partition coefficient (Wildman–Crippen LogP) is -6.10. The Morgan fingerprint density at radius 2 is 1.43 bits per heavy atom. The Bertz CT molecular complexity index is 1190. The van der Waals surface area contributed by atoms with Gasteiger partial charge in [-0.2, -0.15) is 0 Å². The van der Waals surface area contributed by atoms with Gasteiger partial charge in [0.15, 0.2) is 11.5 Å². The molecule has 0 saturated heterocycles. The average molecular weight is 522 g/mol. The van der Waals surface area contributed by atoms with E-state index in [0.29, 0.717) is 11.4 Å². The third-order valence-corrected chi connectivity index (χ3v) is 5.05. The van der Waals surface area contributed by atoms with Crippen LogP contribution in [0.25, 0.3) is 0 Å². The van der Waals surface area contributed by atoms with Gasteiger partial charge in [-0.25, -0.2) is 0 Å². The van der Waals surface area contributed by atoms with Gasteiger partial charge in [0, 0.05) is 29.4 Å². The molecule has 0 bridgehead atoms. The third kappa shape index (κ3) is 7.26. The Hall–Kier alpha value is -2.57. The van der Waals surface area contributed by atoms with Crippen LogP contribution in [0.1, 0.15) is 11.1 Å². The summed E-state index contributed by atoms with van der Waals surface area (Å²) in [6, 6.07) is 23.1. The van der Waals surface area contributed by atoms with Crippen LogP contribution in [-0.2, 0) is 14.4 Å². The molecule has 1 aliphatic rings. The number of nitrogens with zero attached hydrogens (tertiary/aromatic N) is 1. The molecule has 10 nitrogen and oxygen atoms in total. The van der Waals surface area contributed by atoms with Crippen LogP contribution in [0.2, 0.25) is 0 Å². The first-order valence-corrected chi connectivity index (χ1v) is 10.6. The van der Waals surface area contributed by atoms with Crippen LogP contribution < -0.4 is 84.1 Å². The van der Waals surface area contributed by atoms with E-state index in [1.807, 2.05) is 60.7 Å². The van der Waals surface area contributed by atoms with Gasteiger partial charge in [0.2, 0.25) is 0 Å².